The number of hydrogen-bond donors (Lipinski definition) is 2. The molecule has 1 heterocycles. The zero-order chi connectivity index (χ0) is 20.5. The molecule has 0 aliphatic carbocycles. The fourth-order valence-electron chi connectivity index (χ4n) is 3.21. The molecule has 1 atom stereocenters. The van der Waals surface area contributed by atoms with Crippen LogP contribution in [0.3, 0.4) is 0 Å². The highest BCUT2D eigenvalue weighted by Crippen LogP contribution is 2.35. The highest BCUT2D eigenvalue weighted by atomic mass is 16.5. The summed E-state index contributed by atoms with van der Waals surface area (Å²) in [5.41, 5.74) is 1.46. The number of urea groups is 1. The number of allylic oxidation sites excluding steroid dienone is 1. The maximum absolute atomic E-state index is 12.8. The molecule has 0 fully saturated rings. The van der Waals surface area contributed by atoms with Crippen molar-refractivity contribution in [3.8, 4) is 11.5 Å². The Labute approximate surface area is 166 Å². The molecule has 0 saturated heterocycles. The molecule has 0 unspecified atom stereocenters. The topological polar surface area (TPSA) is 85.9 Å². The predicted octanol–water partition coefficient (Wildman–Crippen LogP) is 3.85. The van der Waals surface area contributed by atoms with Crippen molar-refractivity contribution >= 4 is 12.0 Å². The number of amides is 2. The van der Waals surface area contributed by atoms with E-state index in [1.54, 1.807) is 39.3 Å². The number of hydrogen-bond acceptors (Lipinski definition) is 5. The Balaban J connectivity index is 2.21. The summed E-state index contributed by atoms with van der Waals surface area (Å²) in [7, 11) is 3.10. The molecule has 7 nitrogen and oxygen atoms in total. The number of ether oxygens (including phenoxy) is 3. The van der Waals surface area contributed by atoms with Gasteiger partial charge in [-0.1, -0.05) is 32.6 Å². The average molecular weight is 390 g/mol. The Morgan fingerprint density at radius 1 is 1.11 bits per heavy atom. The van der Waals surface area contributed by atoms with Crippen molar-refractivity contribution in [3.63, 3.8) is 0 Å². The Kier molecular flexibility index (Phi) is 8.17. The molecule has 0 radical (unpaired) electrons. The maximum atomic E-state index is 12.8. The Morgan fingerprint density at radius 2 is 1.86 bits per heavy atom. The fourth-order valence-corrected chi connectivity index (χ4v) is 3.21. The highest BCUT2D eigenvalue weighted by Gasteiger charge is 2.34. The molecule has 28 heavy (non-hydrogen) atoms. The second-order valence-electron chi connectivity index (χ2n) is 6.73. The van der Waals surface area contributed by atoms with Crippen LogP contribution in [-0.4, -0.2) is 32.8 Å². The summed E-state index contributed by atoms with van der Waals surface area (Å²) < 4.78 is 16.2. The number of esters is 1. The van der Waals surface area contributed by atoms with E-state index < -0.39 is 12.0 Å². The number of benzene rings is 1. The first-order valence-corrected chi connectivity index (χ1v) is 9.69. The largest absolute Gasteiger partial charge is 0.497 e. The van der Waals surface area contributed by atoms with Crippen molar-refractivity contribution in [2.75, 3.05) is 20.8 Å². The number of carbonyl (C=O) groups is 2. The molecule has 2 amide bonds. The molecular formula is C21H30N2O5. The van der Waals surface area contributed by atoms with E-state index >= 15 is 0 Å². The van der Waals surface area contributed by atoms with Crippen LogP contribution in [0.4, 0.5) is 4.79 Å². The number of unbranched alkanes of at least 4 members (excludes halogenated alkanes) is 4. The number of methoxy groups -OCH3 is 2. The van der Waals surface area contributed by atoms with E-state index in [1.165, 1.54) is 12.8 Å². The molecule has 0 saturated carbocycles. The van der Waals surface area contributed by atoms with Gasteiger partial charge in [-0.25, -0.2) is 9.59 Å². The zero-order valence-corrected chi connectivity index (χ0v) is 17.1. The minimum atomic E-state index is -0.689. The van der Waals surface area contributed by atoms with E-state index in [2.05, 4.69) is 17.6 Å². The van der Waals surface area contributed by atoms with Gasteiger partial charge in [-0.2, -0.15) is 0 Å². The second-order valence-corrected chi connectivity index (χ2v) is 6.73. The van der Waals surface area contributed by atoms with E-state index in [0.717, 1.165) is 19.3 Å². The van der Waals surface area contributed by atoms with Crippen LogP contribution in [0.1, 0.15) is 57.6 Å². The van der Waals surface area contributed by atoms with Crippen LogP contribution >= 0.6 is 0 Å². The monoisotopic (exact) mass is 390 g/mol. The van der Waals surface area contributed by atoms with Gasteiger partial charge in [0.25, 0.3) is 0 Å². The molecule has 0 aromatic heterocycles. The van der Waals surface area contributed by atoms with Crippen LogP contribution in [0.25, 0.3) is 0 Å². The van der Waals surface area contributed by atoms with Gasteiger partial charge in [0, 0.05) is 11.3 Å². The standard InChI is InChI=1S/C21H30N2O5/c1-5-6-7-8-9-12-28-20(24)18-14(2)22-21(25)23-19(18)16-13-15(26-3)10-11-17(16)27-4/h10-11,13,19H,5-9,12H2,1-4H3,(H2,22,23,25)/t19-/m1/s1. The van der Waals surface area contributed by atoms with Crippen LogP contribution < -0.4 is 20.1 Å². The van der Waals surface area contributed by atoms with Gasteiger partial charge < -0.3 is 24.8 Å². The van der Waals surface area contributed by atoms with Gasteiger partial charge in [0.1, 0.15) is 11.5 Å². The van der Waals surface area contributed by atoms with Gasteiger partial charge in [-0.15, -0.1) is 0 Å². The minimum absolute atomic E-state index is 0.356. The molecule has 0 spiro atoms. The first-order valence-electron chi connectivity index (χ1n) is 9.69. The average Bonchev–Trinajstić information content (AvgIpc) is 2.69. The molecule has 2 rings (SSSR count). The van der Waals surface area contributed by atoms with E-state index in [1.807, 2.05) is 0 Å². The zero-order valence-electron chi connectivity index (χ0n) is 17.1. The SMILES string of the molecule is CCCCCCCOC(=O)C1=C(C)NC(=O)N[C@@H]1c1cc(OC)ccc1OC. The molecule has 154 valence electrons. The quantitative estimate of drug-likeness (QED) is 0.468. The first-order chi connectivity index (χ1) is 13.5. The summed E-state index contributed by atoms with van der Waals surface area (Å²) in [5.74, 6) is 0.700. The summed E-state index contributed by atoms with van der Waals surface area (Å²) in [6, 6.07) is 4.18. The Hall–Kier alpha value is -2.70. The first kappa shape index (κ1) is 21.6. The van der Waals surface area contributed by atoms with Crippen molar-refractivity contribution in [3.05, 3.63) is 35.0 Å². The summed E-state index contributed by atoms with van der Waals surface area (Å²) in [6.07, 6.45) is 5.34. The molecule has 0 bridgehead atoms. The lowest BCUT2D eigenvalue weighted by atomic mass is 9.94. The Morgan fingerprint density at radius 3 is 2.54 bits per heavy atom. The molecule has 1 aromatic carbocycles. The lowest BCUT2D eigenvalue weighted by Gasteiger charge is -2.29. The molecular weight excluding hydrogens is 360 g/mol. The number of rotatable bonds is 10. The third kappa shape index (κ3) is 5.41. The lowest BCUT2D eigenvalue weighted by Crippen LogP contribution is -2.45. The number of nitrogens with one attached hydrogen (secondary N) is 2. The van der Waals surface area contributed by atoms with Crippen molar-refractivity contribution in [2.45, 2.75) is 52.0 Å². The number of carbonyl (C=O) groups excluding carboxylic acids is 2. The van der Waals surface area contributed by atoms with Gasteiger partial charge in [0.15, 0.2) is 0 Å². The third-order valence-electron chi connectivity index (χ3n) is 4.72. The van der Waals surface area contributed by atoms with E-state index in [9.17, 15) is 9.59 Å². The summed E-state index contributed by atoms with van der Waals surface area (Å²) in [6.45, 7) is 4.21. The lowest BCUT2D eigenvalue weighted by molar-refractivity contribution is -0.139. The second kappa shape index (κ2) is 10.6. The van der Waals surface area contributed by atoms with Gasteiger partial charge in [-0.05, 0) is 31.5 Å². The summed E-state index contributed by atoms with van der Waals surface area (Å²) in [5, 5.41) is 5.45. The highest BCUT2D eigenvalue weighted by molar-refractivity contribution is 5.95. The van der Waals surface area contributed by atoms with Crippen molar-refractivity contribution in [1.29, 1.82) is 0 Å². The molecule has 1 aromatic rings. The van der Waals surface area contributed by atoms with Gasteiger partial charge in [0.05, 0.1) is 32.4 Å². The van der Waals surface area contributed by atoms with Crippen LogP contribution in [0, 0.1) is 0 Å². The fraction of sp³-hybridized carbons (Fsp3) is 0.524. The molecule has 1 aliphatic rings. The normalized spacial score (nSPS) is 16.3. The van der Waals surface area contributed by atoms with E-state index in [-0.39, 0.29) is 6.03 Å². The smallest absolute Gasteiger partial charge is 0.338 e. The van der Waals surface area contributed by atoms with Gasteiger partial charge in [-0.3, -0.25) is 0 Å². The maximum Gasteiger partial charge on any atom is 0.338 e. The Bertz CT molecular complexity index is 730. The van der Waals surface area contributed by atoms with Crippen LogP contribution in [0.15, 0.2) is 29.5 Å². The van der Waals surface area contributed by atoms with Crippen LogP contribution in [0.5, 0.6) is 11.5 Å². The molecule has 1 aliphatic heterocycles. The van der Waals surface area contributed by atoms with Crippen molar-refractivity contribution < 1.29 is 23.8 Å². The van der Waals surface area contributed by atoms with Crippen molar-refractivity contribution in [1.82, 2.24) is 10.6 Å². The van der Waals surface area contributed by atoms with Crippen molar-refractivity contribution in [2.24, 2.45) is 0 Å². The predicted molar refractivity (Wildman–Crippen MR) is 106 cm³/mol. The van der Waals surface area contributed by atoms with Gasteiger partial charge in [0.2, 0.25) is 0 Å². The van der Waals surface area contributed by atoms with E-state index in [4.69, 9.17) is 14.2 Å². The van der Waals surface area contributed by atoms with Gasteiger partial charge >= 0.3 is 12.0 Å². The molecule has 7 heteroatoms. The third-order valence-corrected chi connectivity index (χ3v) is 4.72. The minimum Gasteiger partial charge on any atom is -0.497 e. The van der Waals surface area contributed by atoms with Crippen LogP contribution in [0.2, 0.25) is 0 Å². The van der Waals surface area contributed by atoms with Crippen LogP contribution in [-0.2, 0) is 9.53 Å². The summed E-state index contributed by atoms with van der Waals surface area (Å²) in [4.78, 5) is 24.9. The molecule has 2 N–H and O–H groups in total. The van der Waals surface area contributed by atoms with E-state index in [0.29, 0.717) is 34.9 Å². The summed E-state index contributed by atoms with van der Waals surface area (Å²) >= 11 is 0.